The molecule has 0 saturated carbocycles. The number of methoxy groups -OCH3 is 2. The predicted octanol–water partition coefficient (Wildman–Crippen LogP) is 7.67. The Morgan fingerprint density at radius 2 is 1.29 bits per heavy atom. The van der Waals surface area contributed by atoms with Gasteiger partial charge in [-0.2, -0.15) is 0 Å². The lowest BCUT2D eigenvalue weighted by molar-refractivity contribution is -0.385. The number of carboxylic acid groups (broad SMARTS) is 1. The Balaban J connectivity index is 0.000000204. The zero-order valence-corrected chi connectivity index (χ0v) is 37.4. The summed E-state index contributed by atoms with van der Waals surface area (Å²) in [5.41, 5.74) is 8.42. The number of nitro groups is 2. The number of nitro benzene ring substituents is 2. The summed E-state index contributed by atoms with van der Waals surface area (Å²) in [4.78, 5) is 76.2. The monoisotopic (exact) mass is 982 g/mol. The summed E-state index contributed by atoms with van der Waals surface area (Å²) in [7, 11) is 2.80. The third-order valence-electron chi connectivity index (χ3n) is 8.81. The van der Waals surface area contributed by atoms with E-state index >= 15 is 0 Å². The van der Waals surface area contributed by atoms with Gasteiger partial charge in [0, 0.05) is 60.9 Å². The Morgan fingerprint density at radius 1 is 0.714 bits per heavy atom. The standard InChI is InChI=1S/C14H11FN2O3.C12H10N2O4.C10H10ClNO5.C10H9N3O2/c15-13-4-2-1-3-12(13)14(18)16-9-10-5-7-11(8-6-10)17(19)20;15-12(11-2-1-7-18-11)13-8-9-3-5-10(6-4-9)14(16)17;1-16-7-4-8(17-2)6(3-5(7)11)12-9(13)10(14)15;11-7-1-3-8(4-2-7)13-10(14)9-5-6-12-15-9/h1-8H,9H2,(H,16,18);1-7H,8H2,(H,13,15);3-4H,1-2H3,(H,12,13)(H,14,15);1-6H,11H2,(H,13,14). The largest absolute Gasteiger partial charge is 0.495 e. The molecule has 0 spiro atoms. The second-order valence-corrected chi connectivity index (χ2v) is 14.0. The van der Waals surface area contributed by atoms with Crippen LogP contribution in [0, 0.1) is 26.0 Å². The number of nitrogens with two attached hydrogens (primary N) is 1. The van der Waals surface area contributed by atoms with Gasteiger partial charge in [-0.3, -0.25) is 39.4 Å². The van der Waals surface area contributed by atoms with E-state index in [4.69, 9.17) is 40.9 Å². The van der Waals surface area contributed by atoms with E-state index < -0.39 is 33.4 Å². The number of non-ortho nitro benzene ring substituents is 2. The minimum atomic E-state index is -1.60. The van der Waals surface area contributed by atoms with Gasteiger partial charge in [-0.25, -0.2) is 9.18 Å². The van der Waals surface area contributed by atoms with Gasteiger partial charge >= 0.3 is 11.9 Å². The second-order valence-electron chi connectivity index (χ2n) is 13.6. The highest BCUT2D eigenvalue weighted by atomic mass is 35.5. The van der Waals surface area contributed by atoms with Crippen molar-refractivity contribution >= 4 is 69.6 Å². The number of anilines is 3. The highest BCUT2D eigenvalue weighted by Crippen LogP contribution is 2.35. The van der Waals surface area contributed by atoms with Gasteiger partial charge in [0.05, 0.1) is 52.8 Å². The quantitative estimate of drug-likeness (QED) is 0.0279. The summed E-state index contributed by atoms with van der Waals surface area (Å²) >= 11 is 5.84. The van der Waals surface area contributed by atoms with Crippen LogP contribution in [0.15, 0.2) is 149 Å². The van der Waals surface area contributed by atoms with E-state index in [0.717, 1.165) is 5.56 Å². The topological polar surface area (TPSA) is 324 Å². The molecule has 2 heterocycles. The maximum atomic E-state index is 13.4. The Kier molecular flexibility index (Phi) is 20.0. The highest BCUT2D eigenvalue weighted by Gasteiger charge is 2.17. The minimum absolute atomic E-state index is 0.0193. The number of aromatic nitrogens is 1. The van der Waals surface area contributed by atoms with Crippen molar-refractivity contribution in [3.63, 3.8) is 0 Å². The van der Waals surface area contributed by atoms with Crippen LogP contribution in [0.25, 0.3) is 0 Å². The first-order valence-corrected chi connectivity index (χ1v) is 20.2. The van der Waals surface area contributed by atoms with E-state index in [0.29, 0.717) is 22.7 Å². The molecule has 24 heteroatoms. The number of nitrogen functional groups attached to an aromatic ring is 1. The molecule has 70 heavy (non-hydrogen) atoms. The average Bonchev–Trinajstić information content (AvgIpc) is 4.11. The van der Waals surface area contributed by atoms with Gasteiger partial charge in [0.15, 0.2) is 5.76 Å². The van der Waals surface area contributed by atoms with Gasteiger partial charge in [0.2, 0.25) is 5.76 Å². The fourth-order valence-corrected chi connectivity index (χ4v) is 5.54. The number of carboxylic acids is 1. The number of halogens is 2. The third-order valence-corrected chi connectivity index (χ3v) is 9.11. The summed E-state index contributed by atoms with van der Waals surface area (Å²) in [6.45, 7) is 0.461. The number of hydrogen-bond donors (Lipinski definition) is 6. The van der Waals surface area contributed by atoms with Crippen molar-refractivity contribution in [1.29, 1.82) is 0 Å². The molecular weight excluding hydrogens is 943 g/mol. The Bertz CT molecular complexity index is 2890. The fourth-order valence-electron chi connectivity index (χ4n) is 5.30. The molecule has 0 radical (unpaired) electrons. The Labute approximate surface area is 400 Å². The molecule has 0 saturated heterocycles. The Morgan fingerprint density at radius 3 is 1.77 bits per heavy atom. The molecule has 0 unspecified atom stereocenters. The molecule has 0 aliphatic carbocycles. The van der Waals surface area contributed by atoms with Crippen LogP contribution in [-0.4, -0.2) is 63.9 Å². The predicted molar refractivity (Wildman–Crippen MR) is 250 cm³/mol. The summed E-state index contributed by atoms with van der Waals surface area (Å²) < 4.78 is 32.9. The van der Waals surface area contributed by atoms with Crippen LogP contribution >= 0.6 is 11.6 Å². The summed E-state index contributed by atoms with van der Waals surface area (Å²) in [6.07, 6.45) is 2.83. The van der Waals surface area contributed by atoms with E-state index in [-0.39, 0.29) is 69.8 Å². The first kappa shape index (κ1) is 53.0. The molecule has 22 nitrogen and oxygen atoms in total. The van der Waals surface area contributed by atoms with Gasteiger partial charge < -0.3 is 50.5 Å². The van der Waals surface area contributed by atoms with E-state index in [1.807, 2.05) is 0 Å². The van der Waals surface area contributed by atoms with Gasteiger partial charge in [0.1, 0.15) is 17.3 Å². The second kappa shape index (κ2) is 26.5. The number of aliphatic carboxylic acids is 1. The molecule has 362 valence electrons. The first-order chi connectivity index (χ1) is 33.5. The van der Waals surface area contributed by atoms with E-state index in [9.17, 15) is 48.6 Å². The number of rotatable bonds is 13. The maximum Gasteiger partial charge on any atom is 0.394 e. The lowest BCUT2D eigenvalue weighted by Gasteiger charge is -2.11. The molecule has 7 rings (SSSR count). The number of hydrogen-bond acceptors (Lipinski definition) is 15. The van der Waals surface area contributed by atoms with E-state index in [1.54, 1.807) is 66.7 Å². The third kappa shape index (κ3) is 16.7. The van der Waals surface area contributed by atoms with E-state index in [1.165, 1.54) is 87.3 Å². The van der Waals surface area contributed by atoms with Crippen LogP contribution in [0.2, 0.25) is 5.02 Å². The number of benzene rings is 5. The zero-order valence-electron chi connectivity index (χ0n) is 36.6. The minimum Gasteiger partial charge on any atom is -0.495 e. The molecule has 0 aliphatic rings. The van der Waals surface area contributed by atoms with Crippen LogP contribution in [-0.2, 0) is 22.7 Å². The van der Waals surface area contributed by atoms with Crippen molar-refractivity contribution < 1.29 is 61.7 Å². The Hall–Kier alpha value is -9.64. The van der Waals surface area contributed by atoms with Crippen molar-refractivity contribution in [2.24, 2.45) is 0 Å². The van der Waals surface area contributed by atoms with Gasteiger partial charge in [-0.15, -0.1) is 0 Å². The summed E-state index contributed by atoms with van der Waals surface area (Å²) in [5, 5.41) is 43.1. The van der Waals surface area contributed by atoms with Crippen LogP contribution in [0.3, 0.4) is 0 Å². The molecule has 0 atom stereocenters. The molecule has 0 bridgehead atoms. The summed E-state index contributed by atoms with van der Waals surface area (Å²) in [5.74, 6) is -3.53. The molecule has 2 aromatic heterocycles. The van der Waals surface area contributed by atoms with Crippen molar-refractivity contribution in [2.75, 3.05) is 30.6 Å². The lowest BCUT2D eigenvalue weighted by atomic mass is 10.1. The van der Waals surface area contributed by atoms with Crippen molar-refractivity contribution in [1.82, 2.24) is 15.8 Å². The van der Waals surface area contributed by atoms with Gasteiger partial charge in [0.25, 0.3) is 29.1 Å². The number of carbonyl (C=O) groups excluding carboxylic acids is 4. The normalized spacial score (nSPS) is 9.89. The number of furan rings is 1. The molecular formula is C46H40ClFN8O14. The SMILES string of the molecule is COc1cc(OC)c(NC(=O)C(=O)O)cc1Cl.Nc1ccc(NC(=O)c2ccno2)cc1.O=C(NCc1ccc([N+](=O)[O-])cc1)c1ccccc1F.O=C(NCc1ccc([N+](=O)[O-])cc1)c1ccco1. The van der Waals surface area contributed by atoms with Crippen LogP contribution in [0.4, 0.5) is 32.8 Å². The lowest BCUT2D eigenvalue weighted by Crippen LogP contribution is -2.23. The molecule has 5 aromatic carbocycles. The zero-order chi connectivity index (χ0) is 51.2. The highest BCUT2D eigenvalue weighted by molar-refractivity contribution is 6.37. The molecule has 0 fully saturated rings. The maximum absolute atomic E-state index is 13.4. The van der Waals surface area contributed by atoms with Crippen molar-refractivity contribution in [2.45, 2.75) is 13.1 Å². The molecule has 7 aromatic rings. The number of amides is 4. The number of ether oxygens (including phenoxy) is 2. The number of carbonyl (C=O) groups is 5. The number of nitrogens with zero attached hydrogens (tertiary/aromatic N) is 3. The fraction of sp³-hybridized carbons (Fsp3) is 0.0870. The van der Waals surface area contributed by atoms with E-state index in [2.05, 4.69) is 26.4 Å². The summed E-state index contributed by atoms with van der Waals surface area (Å²) in [6, 6.07) is 31.8. The van der Waals surface area contributed by atoms with Crippen molar-refractivity contribution in [3.8, 4) is 11.5 Å². The van der Waals surface area contributed by atoms with Gasteiger partial charge in [-0.1, -0.05) is 53.2 Å². The van der Waals surface area contributed by atoms with Crippen molar-refractivity contribution in [3.05, 3.63) is 199 Å². The average molecular weight is 983 g/mol. The van der Waals surface area contributed by atoms with Crippen LogP contribution < -0.4 is 36.5 Å². The van der Waals surface area contributed by atoms with Crippen LogP contribution in [0.1, 0.15) is 42.6 Å². The number of nitrogens with one attached hydrogen (secondary N) is 4. The van der Waals surface area contributed by atoms with Crippen LogP contribution in [0.5, 0.6) is 11.5 Å². The van der Waals surface area contributed by atoms with Gasteiger partial charge in [-0.05, 0) is 65.7 Å². The molecule has 7 N–H and O–H groups in total. The molecule has 4 amide bonds. The smallest absolute Gasteiger partial charge is 0.394 e. The molecule has 0 aliphatic heterocycles. The first-order valence-electron chi connectivity index (χ1n) is 19.8.